The molecule has 0 atom stereocenters. The summed E-state index contributed by atoms with van der Waals surface area (Å²) in [6.07, 6.45) is 6.26. The third-order valence-electron chi connectivity index (χ3n) is 1.62. The van der Waals surface area contributed by atoms with Crippen LogP contribution in [0.2, 0.25) is 0 Å². The maximum absolute atomic E-state index is 10.6. The number of aliphatic carboxylic acids is 2. The van der Waals surface area contributed by atoms with Gasteiger partial charge in [0.05, 0.1) is 5.57 Å². The largest absolute Gasteiger partial charge is 0.478 e. The minimum atomic E-state index is -1.25. The van der Waals surface area contributed by atoms with Crippen molar-refractivity contribution in [3.05, 3.63) is 35.5 Å². The standard InChI is InChI=1S/C9H8O4/c10-8(11)5-7(9(12)13)6-3-1-2-4-6/h1-3,5H,4H2,(H,10,11)(H,12,13). The van der Waals surface area contributed by atoms with Gasteiger partial charge in [-0.2, -0.15) is 0 Å². The summed E-state index contributed by atoms with van der Waals surface area (Å²) >= 11 is 0. The van der Waals surface area contributed by atoms with Crippen molar-refractivity contribution in [1.29, 1.82) is 0 Å². The molecule has 2 N–H and O–H groups in total. The first-order valence-corrected chi connectivity index (χ1v) is 3.65. The quantitative estimate of drug-likeness (QED) is 0.634. The molecule has 0 aromatic heterocycles. The van der Waals surface area contributed by atoms with Gasteiger partial charge in [0.1, 0.15) is 0 Å². The van der Waals surface area contributed by atoms with Gasteiger partial charge in [-0.1, -0.05) is 18.2 Å². The van der Waals surface area contributed by atoms with Crippen LogP contribution in [0.1, 0.15) is 6.42 Å². The number of carboxylic acid groups (broad SMARTS) is 2. The lowest BCUT2D eigenvalue weighted by molar-refractivity contribution is -0.134. The van der Waals surface area contributed by atoms with Crippen LogP contribution < -0.4 is 0 Å². The fourth-order valence-corrected chi connectivity index (χ4v) is 1.06. The van der Waals surface area contributed by atoms with E-state index >= 15 is 0 Å². The molecule has 0 aromatic rings. The lowest BCUT2D eigenvalue weighted by Gasteiger charge is -2.00. The van der Waals surface area contributed by atoms with Gasteiger partial charge in [0.25, 0.3) is 0 Å². The summed E-state index contributed by atoms with van der Waals surface area (Å²) in [6, 6.07) is 0. The Labute approximate surface area is 74.5 Å². The summed E-state index contributed by atoms with van der Waals surface area (Å²) in [4.78, 5) is 20.9. The van der Waals surface area contributed by atoms with Crippen molar-refractivity contribution < 1.29 is 19.8 Å². The Hall–Kier alpha value is -1.84. The van der Waals surface area contributed by atoms with Crippen molar-refractivity contribution in [3.63, 3.8) is 0 Å². The molecule has 4 heteroatoms. The lowest BCUT2D eigenvalue weighted by atomic mass is 10.1. The first-order chi connectivity index (χ1) is 6.11. The van der Waals surface area contributed by atoms with Crippen LogP contribution in [-0.4, -0.2) is 22.2 Å². The van der Waals surface area contributed by atoms with Gasteiger partial charge in [-0.3, -0.25) is 0 Å². The first kappa shape index (κ1) is 9.25. The van der Waals surface area contributed by atoms with Crippen LogP contribution in [0.15, 0.2) is 35.5 Å². The normalized spacial score (nSPS) is 15.7. The van der Waals surface area contributed by atoms with E-state index in [1.165, 1.54) is 0 Å². The van der Waals surface area contributed by atoms with Crippen molar-refractivity contribution in [2.45, 2.75) is 6.42 Å². The first-order valence-electron chi connectivity index (χ1n) is 3.65. The van der Waals surface area contributed by atoms with E-state index < -0.39 is 11.9 Å². The van der Waals surface area contributed by atoms with E-state index in [4.69, 9.17) is 10.2 Å². The summed E-state index contributed by atoms with van der Waals surface area (Å²) in [6.45, 7) is 0. The number of rotatable bonds is 3. The number of hydrogen-bond acceptors (Lipinski definition) is 2. The molecule has 0 spiro atoms. The predicted octanol–water partition coefficient (Wildman–Crippen LogP) is 0.968. The highest BCUT2D eigenvalue weighted by molar-refractivity contribution is 5.98. The molecule has 0 saturated carbocycles. The molecule has 1 aliphatic rings. The molecule has 0 fully saturated rings. The van der Waals surface area contributed by atoms with Crippen LogP contribution in [0.5, 0.6) is 0 Å². The molecule has 13 heavy (non-hydrogen) atoms. The second kappa shape index (κ2) is 3.71. The molecule has 1 aliphatic carbocycles. The van der Waals surface area contributed by atoms with Crippen molar-refractivity contribution in [2.24, 2.45) is 0 Å². The predicted molar refractivity (Wildman–Crippen MR) is 45.2 cm³/mol. The summed E-state index contributed by atoms with van der Waals surface area (Å²) in [5.41, 5.74) is 0.368. The number of allylic oxidation sites excluding steroid dienone is 3. The Morgan fingerprint density at radius 2 is 2.08 bits per heavy atom. The highest BCUT2D eigenvalue weighted by Crippen LogP contribution is 2.19. The molecule has 4 nitrogen and oxygen atoms in total. The van der Waals surface area contributed by atoms with Crippen molar-refractivity contribution in [1.82, 2.24) is 0 Å². The van der Waals surface area contributed by atoms with E-state index in [0.717, 1.165) is 0 Å². The minimum absolute atomic E-state index is 0.155. The van der Waals surface area contributed by atoms with E-state index in [0.29, 0.717) is 18.1 Å². The monoisotopic (exact) mass is 180 g/mol. The Bertz CT molecular complexity index is 334. The van der Waals surface area contributed by atoms with Gasteiger partial charge in [0.2, 0.25) is 0 Å². The molecule has 0 amide bonds. The Balaban J connectivity index is 2.93. The molecule has 0 aromatic carbocycles. The third-order valence-corrected chi connectivity index (χ3v) is 1.62. The average Bonchev–Trinajstić information content (AvgIpc) is 2.50. The van der Waals surface area contributed by atoms with Gasteiger partial charge in [-0.05, 0) is 12.0 Å². The second-order valence-electron chi connectivity index (χ2n) is 2.53. The Kier molecular flexibility index (Phi) is 2.64. The molecule has 0 heterocycles. The van der Waals surface area contributed by atoms with E-state index in [1.807, 2.05) is 0 Å². The van der Waals surface area contributed by atoms with E-state index in [1.54, 1.807) is 18.2 Å². The zero-order valence-electron chi connectivity index (χ0n) is 6.73. The molecular weight excluding hydrogens is 172 g/mol. The summed E-state index contributed by atoms with van der Waals surface area (Å²) < 4.78 is 0. The average molecular weight is 180 g/mol. The zero-order chi connectivity index (χ0) is 9.84. The van der Waals surface area contributed by atoms with E-state index in [9.17, 15) is 9.59 Å². The van der Waals surface area contributed by atoms with Crippen LogP contribution in [0.3, 0.4) is 0 Å². The molecule has 1 rings (SSSR count). The third kappa shape index (κ3) is 2.30. The molecular formula is C9H8O4. The number of carbonyl (C=O) groups is 2. The van der Waals surface area contributed by atoms with Crippen molar-refractivity contribution in [2.75, 3.05) is 0 Å². The second-order valence-corrected chi connectivity index (χ2v) is 2.53. The van der Waals surface area contributed by atoms with Crippen LogP contribution in [0.4, 0.5) is 0 Å². The van der Waals surface area contributed by atoms with Crippen LogP contribution in [0, 0.1) is 0 Å². The smallest absolute Gasteiger partial charge is 0.336 e. The SMILES string of the molecule is O=C(O)C=C(C(=O)O)C1=CC=CC1. The molecule has 68 valence electrons. The van der Waals surface area contributed by atoms with Gasteiger partial charge in [-0.15, -0.1) is 0 Å². The zero-order valence-corrected chi connectivity index (χ0v) is 6.73. The van der Waals surface area contributed by atoms with Crippen molar-refractivity contribution >= 4 is 11.9 Å². The summed E-state index contributed by atoms with van der Waals surface area (Å²) in [5, 5.41) is 17.1. The maximum atomic E-state index is 10.6. The number of carboxylic acids is 2. The molecule has 0 bridgehead atoms. The molecule has 0 saturated heterocycles. The van der Waals surface area contributed by atoms with Crippen molar-refractivity contribution in [3.8, 4) is 0 Å². The van der Waals surface area contributed by atoms with Crippen LogP contribution in [0.25, 0.3) is 0 Å². The van der Waals surface area contributed by atoms with Crippen LogP contribution >= 0.6 is 0 Å². The molecule has 0 unspecified atom stereocenters. The highest BCUT2D eigenvalue weighted by Gasteiger charge is 2.15. The van der Waals surface area contributed by atoms with Gasteiger partial charge in [0, 0.05) is 6.08 Å². The topological polar surface area (TPSA) is 74.6 Å². The number of hydrogen-bond donors (Lipinski definition) is 2. The minimum Gasteiger partial charge on any atom is -0.478 e. The van der Waals surface area contributed by atoms with Gasteiger partial charge in [0.15, 0.2) is 0 Å². The van der Waals surface area contributed by atoms with E-state index in [-0.39, 0.29) is 5.57 Å². The lowest BCUT2D eigenvalue weighted by Crippen LogP contribution is -2.05. The Morgan fingerprint density at radius 3 is 2.46 bits per heavy atom. The van der Waals surface area contributed by atoms with E-state index in [2.05, 4.69) is 0 Å². The molecule has 0 radical (unpaired) electrons. The fourth-order valence-electron chi connectivity index (χ4n) is 1.06. The summed E-state index contributed by atoms with van der Waals surface area (Å²) in [5.74, 6) is -2.46. The van der Waals surface area contributed by atoms with Crippen LogP contribution in [-0.2, 0) is 9.59 Å². The maximum Gasteiger partial charge on any atom is 0.336 e. The highest BCUT2D eigenvalue weighted by atomic mass is 16.4. The summed E-state index contributed by atoms with van der Waals surface area (Å²) in [7, 11) is 0. The van der Waals surface area contributed by atoms with Gasteiger partial charge >= 0.3 is 11.9 Å². The fraction of sp³-hybridized carbons (Fsp3) is 0.111. The molecule has 0 aliphatic heterocycles. The Morgan fingerprint density at radius 1 is 1.38 bits per heavy atom. The van der Waals surface area contributed by atoms with Gasteiger partial charge < -0.3 is 10.2 Å². The van der Waals surface area contributed by atoms with Gasteiger partial charge in [-0.25, -0.2) is 9.59 Å².